The minimum Gasteiger partial charge on any atom is -0.369 e. The molecule has 0 radical (unpaired) electrons. The van der Waals surface area contributed by atoms with E-state index in [-0.39, 0.29) is 5.82 Å². The van der Waals surface area contributed by atoms with E-state index in [9.17, 15) is 4.39 Å². The lowest BCUT2D eigenvalue weighted by Crippen LogP contribution is -2.09. The molecule has 0 atom stereocenters. The Morgan fingerprint density at radius 1 is 1.19 bits per heavy atom. The van der Waals surface area contributed by atoms with Crippen molar-refractivity contribution in [3.63, 3.8) is 0 Å². The maximum Gasteiger partial charge on any atom is 0.225 e. The number of hydrogen-bond donors (Lipinski definition) is 2. The second-order valence-electron chi connectivity index (χ2n) is 4.55. The third kappa shape index (κ3) is 2.95. The van der Waals surface area contributed by atoms with Crippen molar-refractivity contribution < 1.29 is 4.39 Å². The van der Waals surface area contributed by atoms with Crippen LogP contribution in [-0.2, 0) is 6.42 Å². The van der Waals surface area contributed by atoms with Gasteiger partial charge >= 0.3 is 0 Å². The fourth-order valence-corrected chi connectivity index (χ4v) is 2.88. The first-order valence-electron chi connectivity index (χ1n) is 6.68. The molecule has 6 heteroatoms. The number of aromatic nitrogens is 2. The van der Waals surface area contributed by atoms with Gasteiger partial charge in [-0.3, -0.25) is 0 Å². The Balaban J connectivity index is 1.76. The van der Waals surface area contributed by atoms with Crippen LogP contribution in [-0.4, -0.2) is 23.6 Å². The molecule has 4 nitrogen and oxygen atoms in total. The average Bonchev–Trinajstić information content (AvgIpc) is 2.97. The lowest BCUT2D eigenvalue weighted by atomic mass is 10.1. The summed E-state index contributed by atoms with van der Waals surface area (Å²) in [5, 5.41) is 9.20. The summed E-state index contributed by atoms with van der Waals surface area (Å²) in [6, 6.07) is 8.82. The number of fused-ring (bicyclic) bond motifs is 1. The molecule has 0 unspecified atom stereocenters. The van der Waals surface area contributed by atoms with Gasteiger partial charge in [0.05, 0.1) is 5.39 Å². The number of nitrogens with zero attached hydrogens (tertiary/aromatic N) is 2. The minimum absolute atomic E-state index is 0.168. The molecular formula is C15H15FN4S. The maximum absolute atomic E-state index is 13.6. The Labute approximate surface area is 126 Å². The van der Waals surface area contributed by atoms with Gasteiger partial charge < -0.3 is 10.6 Å². The highest BCUT2D eigenvalue weighted by atomic mass is 32.1. The molecule has 2 N–H and O–H groups in total. The predicted molar refractivity (Wildman–Crippen MR) is 85.6 cm³/mol. The normalized spacial score (nSPS) is 10.8. The molecular weight excluding hydrogens is 287 g/mol. The van der Waals surface area contributed by atoms with Crippen LogP contribution in [0.2, 0.25) is 0 Å². The lowest BCUT2D eigenvalue weighted by molar-refractivity contribution is 0.610. The van der Waals surface area contributed by atoms with Gasteiger partial charge in [0.25, 0.3) is 0 Å². The van der Waals surface area contributed by atoms with Gasteiger partial charge in [-0.2, -0.15) is 4.98 Å². The van der Waals surface area contributed by atoms with Gasteiger partial charge in [0.2, 0.25) is 5.95 Å². The van der Waals surface area contributed by atoms with Crippen LogP contribution in [0.25, 0.3) is 10.2 Å². The van der Waals surface area contributed by atoms with Crippen molar-refractivity contribution in [3.8, 4) is 0 Å². The van der Waals surface area contributed by atoms with Crippen LogP contribution < -0.4 is 10.6 Å². The maximum atomic E-state index is 13.6. The third-order valence-corrected chi connectivity index (χ3v) is 4.00. The molecule has 0 fully saturated rings. The molecule has 0 aliphatic carbocycles. The molecule has 0 aliphatic rings. The molecule has 21 heavy (non-hydrogen) atoms. The van der Waals surface area contributed by atoms with Gasteiger partial charge in [0.15, 0.2) is 0 Å². The van der Waals surface area contributed by atoms with Crippen molar-refractivity contribution in [2.24, 2.45) is 0 Å². The molecule has 1 aromatic carbocycles. The van der Waals surface area contributed by atoms with Crippen LogP contribution in [0.3, 0.4) is 0 Å². The van der Waals surface area contributed by atoms with Crippen LogP contribution in [0.1, 0.15) is 5.56 Å². The van der Waals surface area contributed by atoms with Crippen LogP contribution >= 0.6 is 11.3 Å². The van der Waals surface area contributed by atoms with E-state index < -0.39 is 0 Å². The summed E-state index contributed by atoms with van der Waals surface area (Å²) in [5.74, 6) is 1.19. The second-order valence-corrected chi connectivity index (χ2v) is 5.45. The summed E-state index contributed by atoms with van der Waals surface area (Å²) < 4.78 is 13.6. The molecule has 2 heterocycles. The number of rotatable bonds is 5. The van der Waals surface area contributed by atoms with E-state index in [1.165, 1.54) is 6.07 Å². The molecule has 0 bridgehead atoms. The topological polar surface area (TPSA) is 49.8 Å². The number of thiophene rings is 1. The molecule has 0 aliphatic heterocycles. The Bertz CT molecular complexity index is 756. The third-order valence-electron chi connectivity index (χ3n) is 3.19. The number of halogens is 1. The van der Waals surface area contributed by atoms with Crippen molar-refractivity contribution in [1.29, 1.82) is 0 Å². The van der Waals surface area contributed by atoms with Crippen LogP contribution in [0.4, 0.5) is 16.2 Å². The molecule has 2 aromatic heterocycles. The summed E-state index contributed by atoms with van der Waals surface area (Å²) in [7, 11) is 1.79. The smallest absolute Gasteiger partial charge is 0.225 e. The van der Waals surface area contributed by atoms with Crippen LogP contribution in [0.15, 0.2) is 35.7 Å². The fraction of sp³-hybridized carbons (Fsp3) is 0.200. The van der Waals surface area contributed by atoms with E-state index in [4.69, 9.17) is 0 Å². The Kier molecular flexibility index (Phi) is 3.96. The second kappa shape index (κ2) is 6.05. The highest BCUT2D eigenvalue weighted by molar-refractivity contribution is 7.16. The number of hydrogen-bond acceptors (Lipinski definition) is 5. The van der Waals surface area contributed by atoms with Crippen LogP contribution in [0.5, 0.6) is 0 Å². The van der Waals surface area contributed by atoms with E-state index in [0.29, 0.717) is 24.5 Å². The Morgan fingerprint density at radius 2 is 2.05 bits per heavy atom. The summed E-state index contributed by atoms with van der Waals surface area (Å²) >= 11 is 1.57. The number of anilines is 2. The Hall–Kier alpha value is -2.21. The average molecular weight is 302 g/mol. The van der Waals surface area contributed by atoms with Crippen molar-refractivity contribution in [1.82, 2.24) is 9.97 Å². The van der Waals surface area contributed by atoms with Gasteiger partial charge in [-0.05, 0) is 29.5 Å². The molecule has 108 valence electrons. The van der Waals surface area contributed by atoms with Gasteiger partial charge in [0.1, 0.15) is 16.5 Å². The molecule has 0 saturated heterocycles. The first-order valence-corrected chi connectivity index (χ1v) is 7.56. The van der Waals surface area contributed by atoms with Crippen LogP contribution in [0, 0.1) is 5.82 Å². The quantitative estimate of drug-likeness (QED) is 0.757. The molecule has 0 spiro atoms. The summed E-state index contributed by atoms with van der Waals surface area (Å²) in [6.45, 7) is 0.617. The largest absolute Gasteiger partial charge is 0.369 e. The lowest BCUT2D eigenvalue weighted by Gasteiger charge is -2.09. The number of benzene rings is 1. The zero-order chi connectivity index (χ0) is 14.7. The minimum atomic E-state index is -0.168. The van der Waals surface area contributed by atoms with E-state index >= 15 is 0 Å². The van der Waals surface area contributed by atoms with Crippen molar-refractivity contribution in [3.05, 3.63) is 47.1 Å². The van der Waals surface area contributed by atoms with Gasteiger partial charge in [0, 0.05) is 13.6 Å². The molecule has 0 amide bonds. The SMILES string of the molecule is CNc1nc(NCCc2ccccc2F)c2ccsc2n1. The van der Waals surface area contributed by atoms with Crippen molar-refractivity contribution in [2.75, 3.05) is 24.2 Å². The van der Waals surface area contributed by atoms with Gasteiger partial charge in [-0.1, -0.05) is 18.2 Å². The highest BCUT2D eigenvalue weighted by Gasteiger charge is 2.08. The molecule has 0 saturated carbocycles. The summed E-state index contributed by atoms with van der Waals surface area (Å²) in [5.41, 5.74) is 0.703. The first kappa shape index (κ1) is 13.8. The zero-order valence-electron chi connectivity index (χ0n) is 11.6. The summed E-state index contributed by atoms with van der Waals surface area (Å²) in [4.78, 5) is 9.75. The van der Waals surface area contributed by atoms with E-state index in [2.05, 4.69) is 20.6 Å². The summed E-state index contributed by atoms with van der Waals surface area (Å²) in [6.07, 6.45) is 0.608. The number of nitrogens with one attached hydrogen (secondary N) is 2. The monoisotopic (exact) mass is 302 g/mol. The van der Waals surface area contributed by atoms with Crippen molar-refractivity contribution >= 4 is 33.3 Å². The predicted octanol–water partition coefficient (Wildman–Crippen LogP) is 3.53. The standard InChI is InChI=1S/C15H15FN4S/c1-17-15-19-13(11-7-9-21-14(11)20-15)18-8-6-10-4-2-3-5-12(10)16/h2-5,7,9H,6,8H2,1H3,(H2,17,18,19,20). The fourth-order valence-electron chi connectivity index (χ4n) is 2.12. The first-order chi connectivity index (χ1) is 10.3. The van der Waals surface area contributed by atoms with E-state index in [1.807, 2.05) is 17.5 Å². The Morgan fingerprint density at radius 3 is 2.86 bits per heavy atom. The van der Waals surface area contributed by atoms with Gasteiger partial charge in [-0.25, -0.2) is 9.37 Å². The molecule has 3 aromatic rings. The van der Waals surface area contributed by atoms with E-state index in [0.717, 1.165) is 16.0 Å². The van der Waals surface area contributed by atoms with E-state index in [1.54, 1.807) is 30.5 Å². The zero-order valence-corrected chi connectivity index (χ0v) is 12.4. The van der Waals surface area contributed by atoms with Gasteiger partial charge in [-0.15, -0.1) is 11.3 Å². The van der Waals surface area contributed by atoms with Crippen molar-refractivity contribution in [2.45, 2.75) is 6.42 Å². The molecule has 3 rings (SSSR count). The highest BCUT2D eigenvalue weighted by Crippen LogP contribution is 2.26.